The van der Waals surface area contributed by atoms with Gasteiger partial charge in [-0.1, -0.05) is 48.4 Å². The Morgan fingerprint density at radius 2 is 1.81 bits per heavy atom. The number of rotatable bonds is 10. The van der Waals surface area contributed by atoms with Crippen LogP contribution in [0.15, 0.2) is 71.6 Å². The Balaban J connectivity index is 1.25. The molecule has 2 N–H and O–H groups in total. The van der Waals surface area contributed by atoms with E-state index < -0.39 is 16.7 Å². The van der Waals surface area contributed by atoms with Gasteiger partial charge >= 0.3 is 0 Å². The molecule has 0 saturated heterocycles. The molecule has 5 nitrogen and oxygen atoms in total. The van der Waals surface area contributed by atoms with Gasteiger partial charge in [-0.3, -0.25) is 4.39 Å². The van der Waals surface area contributed by atoms with Crippen LogP contribution in [0.1, 0.15) is 47.6 Å². The predicted molar refractivity (Wildman–Crippen MR) is 145 cm³/mol. The monoisotopic (exact) mass is 542 g/mol. The highest BCUT2D eigenvalue weighted by atomic mass is 35.5. The van der Waals surface area contributed by atoms with Crippen molar-refractivity contribution in [2.24, 2.45) is 0 Å². The average Bonchev–Trinajstić information content (AvgIpc) is 2.88. The lowest BCUT2D eigenvalue weighted by molar-refractivity contribution is 0.164. The van der Waals surface area contributed by atoms with Crippen LogP contribution in [0.25, 0.3) is 0 Å². The van der Waals surface area contributed by atoms with E-state index in [4.69, 9.17) is 16.3 Å². The van der Waals surface area contributed by atoms with Gasteiger partial charge in [-0.2, -0.15) is 0 Å². The summed E-state index contributed by atoms with van der Waals surface area (Å²) in [7, 11) is -3.66. The number of alkyl halides is 1. The zero-order valence-corrected chi connectivity index (χ0v) is 22.3. The Labute approximate surface area is 223 Å². The van der Waals surface area contributed by atoms with Gasteiger partial charge in [-0.05, 0) is 84.5 Å². The molecule has 1 fully saturated rings. The quantitative estimate of drug-likeness (QED) is 0.331. The minimum atomic E-state index is -3.66. The summed E-state index contributed by atoms with van der Waals surface area (Å²) in [5.74, 6) is 0.729. The van der Waals surface area contributed by atoms with E-state index in [0.717, 1.165) is 42.1 Å². The van der Waals surface area contributed by atoms with Gasteiger partial charge in [0.15, 0.2) is 0 Å². The zero-order chi connectivity index (χ0) is 25.9. The number of benzene rings is 3. The molecule has 3 aromatic rings. The number of nitrogens with one attached hydrogen (secondary N) is 2. The van der Waals surface area contributed by atoms with Crippen LogP contribution >= 0.6 is 11.6 Å². The Bertz CT molecular complexity index is 1330. The molecule has 0 bridgehead atoms. The second-order valence-electron chi connectivity index (χ2n) is 9.84. The van der Waals surface area contributed by atoms with Crippen molar-refractivity contribution in [1.82, 2.24) is 10.0 Å². The molecule has 37 heavy (non-hydrogen) atoms. The molecule has 1 saturated carbocycles. The van der Waals surface area contributed by atoms with E-state index in [1.165, 1.54) is 35.2 Å². The van der Waals surface area contributed by atoms with Crippen LogP contribution in [-0.4, -0.2) is 34.8 Å². The molecule has 1 heterocycles. The van der Waals surface area contributed by atoms with Gasteiger partial charge < -0.3 is 10.1 Å². The summed E-state index contributed by atoms with van der Waals surface area (Å²) >= 11 is 6.16. The molecule has 5 rings (SSSR count). The number of hydrogen-bond donors (Lipinski definition) is 2. The standard InChI is InChI=1S/C29H32ClFN2O3S/c30-24-7-5-23(6-8-24)29(14-1-15-29)28-27-20-25(9-4-22(27)13-17-32-28)36-19-18-33-37(34,35)26-10-2-21(3-11-26)12-16-31/h2-11,20,28,32-33H,1,12-19H2. The van der Waals surface area contributed by atoms with Crippen molar-refractivity contribution >= 4 is 21.6 Å². The third-order valence-electron chi connectivity index (χ3n) is 7.67. The van der Waals surface area contributed by atoms with Gasteiger partial charge in [0.25, 0.3) is 0 Å². The molecule has 0 amide bonds. The van der Waals surface area contributed by atoms with Crippen molar-refractivity contribution < 1.29 is 17.5 Å². The minimum absolute atomic E-state index is 0.0355. The summed E-state index contributed by atoms with van der Waals surface area (Å²) in [5.41, 5.74) is 4.70. The summed E-state index contributed by atoms with van der Waals surface area (Å²) in [6.45, 7) is 0.813. The van der Waals surface area contributed by atoms with Crippen LogP contribution in [-0.2, 0) is 28.3 Å². The largest absolute Gasteiger partial charge is 0.492 e. The van der Waals surface area contributed by atoms with Crippen LogP contribution < -0.4 is 14.8 Å². The molecule has 1 aliphatic carbocycles. The fourth-order valence-electron chi connectivity index (χ4n) is 5.57. The maximum atomic E-state index is 12.6. The maximum Gasteiger partial charge on any atom is 0.240 e. The van der Waals surface area contributed by atoms with E-state index in [2.05, 4.69) is 34.3 Å². The Morgan fingerprint density at radius 3 is 2.49 bits per heavy atom. The van der Waals surface area contributed by atoms with Crippen LogP contribution in [0, 0.1) is 0 Å². The number of fused-ring (bicyclic) bond motifs is 1. The molecule has 0 radical (unpaired) electrons. The molecular formula is C29H32ClFN2O3S. The molecule has 0 spiro atoms. The molecule has 0 aromatic heterocycles. The van der Waals surface area contributed by atoms with Gasteiger partial charge in [-0.25, -0.2) is 13.1 Å². The zero-order valence-electron chi connectivity index (χ0n) is 20.7. The van der Waals surface area contributed by atoms with E-state index in [-0.39, 0.29) is 35.9 Å². The predicted octanol–water partition coefficient (Wildman–Crippen LogP) is 5.52. The molecule has 1 atom stereocenters. The molecule has 8 heteroatoms. The first-order valence-electron chi connectivity index (χ1n) is 12.8. The van der Waals surface area contributed by atoms with E-state index in [0.29, 0.717) is 0 Å². The maximum absolute atomic E-state index is 12.6. The Kier molecular flexibility index (Phi) is 7.86. The number of hydrogen-bond acceptors (Lipinski definition) is 4. The summed E-state index contributed by atoms with van der Waals surface area (Å²) < 4.78 is 46.2. The molecule has 1 aliphatic heterocycles. The van der Waals surface area contributed by atoms with Crippen LogP contribution in [0.2, 0.25) is 5.02 Å². The first-order chi connectivity index (χ1) is 17.9. The number of sulfonamides is 1. The molecule has 3 aromatic carbocycles. The highest BCUT2D eigenvalue weighted by Gasteiger charge is 2.47. The normalized spacial score (nSPS) is 18.6. The van der Waals surface area contributed by atoms with Gasteiger partial charge in [0.1, 0.15) is 12.4 Å². The van der Waals surface area contributed by atoms with Gasteiger partial charge in [0, 0.05) is 29.4 Å². The van der Waals surface area contributed by atoms with Crippen molar-refractivity contribution in [2.45, 2.75) is 48.5 Å². The van der Waals surface area contributed by atoms with Crippen molar-refractivity contribution in [3.8, 4) is 5.75 Å². The van der Waals surface area contributed by atoms with Gasteiger partial charge in [0.2, 0.25) is 10.0 Å². The second kappa shape index (κ2) is 11.1. The second-order valence-corrected chi connectivity index (χ2v) is 12.0. The fourth-order valence-corrected chi connectivity index (χ4v) is 6.71. The van der Waals surface area contributed by atoms with Crippen LogP contribution in [0.3, 0.4) is 0 Å². The number of aryl methyl sites for hydroxylation is 1. The first-order valence-corrected chi connectivity index (χ1v) is 14.7. The lowest BCUT2D eigenvalue weighted by Gasteiger charge is -2.50. The van der Waals surface area contributed by atoms with Crippen LogP contribution in [0.4, 0.5) is 4.39 Å². The molecular weight excluding hydrogens is 511 g/mol. The molecule has 1 unspecified atom stereocenters. The summed E-state index contributed by atoms with van der Waals surface area (Å²) in [6.07, 6.45) is 4.68. The fraction of sp³-hybridized carbons (Fsp3) is 0.379. The highest BCUT2D eigenvalue weighted by Crippen LogP contribution is 2.53. The highest BCUT2D eigenvalue weighted by molar-refractivity contribution is 7.89. The van der Waals surface area contributed by atoms with Crippen molar-refractivity contribution in [3.63, 3.8) is 0 Å². The number of halogens is 2. The van der Waals surface area contributed by atoms with Gasteiger partial charge in [-0.15, -0.1) is 0 Å². The van der Waals surface area contributed by atoms with E-state index in [1.807, 2.05) is 18.2 Å². The third kappa shape index (κ3) is 5.55. The van der Waals surface area contributed by atoms with Crippen molar-refractivity contribution in [1.29, 1.82) is 0 Å². The summed E-state index contributed by atoms with van der Waals surface area (Å²) in [6, 6.07) is 20.9. The Hall–Kier alpha value is -2.45. The SMILES string of the molecule is O=S(=O)(NCCOc1ccc2c(c1)C(C1(c3ccc(Cl)cc3)CCC1)NCC2)c1ccc(CCF)cc1. The summed E-state index contributed by atoms with van der Waals surface area (Å²) in [4.78, 5) is 0.158. The van der Waals surface area contributed by atoms with Gasteiger partial charge in [0.05, 0.1) is 11.6 Å². The van der Waals surface area contributed by atoms with Crippen molar-refractivity contribution in [2.75, 3.05) is 26.4 Å². The van der Waals surface area contributed by atoms with E-state index >= 15 is 0 Å². The Morgan fingerprint density at radius 1 is 1.05 bits per heavy atom. The van der Waals surface area contributed by atoms with E-state index in [1.54, 1.807) is 12.1 Å². The smallest absolute Gasteiger partial charge is 0.240 e. The van der Waals surface area contributed by atoms with Crippen LogP contribution in [0.5, 0.6) is 5.75 Å². The minimum Gasteiger partial charge on any atom is -0.492 e. The summed E-state index contributed by atoms with van der Waals surface area (Å²) in [5, 5.41) is 4.52. The number of ether oxygens (including phenoxy) is 1. The molecule has 196 valence electrons. The lowest BCUT2D eigenvalue weighted by atomic mass is 9.58. The topological polar surface area (TPSA) is 67.4 Å². The average molecular weight is 543 g/mol. The van der Waals surface area contributed by atoms with Crippen molar-refractivity contribution in [3.05, 3.63) is 94.0 Å². The first kappa shape index (κ1) is 26.2. The molecule has 2 aliphatic rings. The third-order valence-corrected chi connectivity index (χ3v) is 9.40. The lowest BCUT2D eigenvalue weighted by Crippen LogP contribution is -2.49. The van der Waals surface area contributed by atoms with E-state index in [9.17, 15) is 12.8 Å².